The molecule has 0 spiro atoms. The van der Waals surface area contributed by atoms with Gasteiger partial charge in [0, 0.05) is 10.4 Å². The summed E-state index contributed by atoms with van der Waals surface area (Å²) in [6, 6.07) is 13.2. The van der Waals surface area contributed by atoms with Crippen molar-refractivity contribution in [3.63, 3.8) is 0 Å². The third-order valence-corrected chi connectivity index (χ3v) is 3.35. The molecule has 4 nitrogen and oxygen atoms in total. The van der Waals surface area contributed by atoms with Crippen LogP contribution in [0.15, 0.2) is 57.7 Å². The quantitative estimate of drug-likeness (QED) is 0.408. The molecule has 2 aromatic carbocycles. The molecule has 3 rings (SSSR count). The van der Waals surface area contributed by atoms with Crippen LogP contribution in [0.2, 0.25) is 5.02 Å². The lowest BCUT2D eigenvalue weighted by atomic mass is 10.1. The van der Waals surface area contributed by atoms with E-state index in [4.69, 9.17) is 20.8 Å². The first-order chi connectivity index (χ1) is 10.5. The van der Waals surface area contributed by atoms with Crippen molar-refractivity contribution in [3.8, 4) is 5.75 Å². The van der Waals surface area contributed by atoms with Gasteiger partial charge in [0.2, 0.25) is 0 Å². The van der Waals surface area contributed by atoms with Gasteiger partial charge in [-0.25, -0.2) is 9.59 Å². The van der Waals surface area contributed by atoms with Gasteiger partial charge in [-0.15, -0.1) is 0 Å². The number of esters is 1. The molecule has 0 saturated heterocycles. The van der Waals surface area contributed by atoms with E-state index in [0.29, 0.717) is 16.0 Å². The number of hydrogen-bond donors (Lipinski definition) is 0. The number of carbonyl (C=O) groups excluding carboxylic acids is 1. The summed E-state index contributed by atoms with van der Waals surface area (Å²) in [5.74, 6) is -0.513. The van der Waals surface area contributed by atoms with Crippen LogP contribution in [0.5, 0.6) is 5.75 Å². The summed E-state index contributed by atoms with van der Waals surface area (Å²) in [7, 11) is 0. The molecular weight excluding hydrogens is 304 g/mol. The highest BCUT2D eigenvalue weighted by atomic mass is 35.5. The Morgan fingerprint density at radius 3 is 2.73 bits per heavy atom. The average molecular weight is 315 g/mol. The minimum absolute atomic E-state index is 0.155. The molecule has 0 aliphatic heterocycles. The molecule has 0 atom stereocenters. The maximum absolute atomic E-state index is 12.1. The summed E-state index contributed by atoms with van der Waals surface area (Å²) < 4.78 is 10.3. The van der Waals surface area contributed by atoms with Gasteiger partial charge in [-0.3, -0.25) is 0 Å². The molecule has 0 aliphatic rings. The van der Waals surface area contributed by atoms with Crippen LogP contribution in [0.4, 0.5) is 0 Å². The van der Waals surface area contributed by atoms with Gasteiger partial charge in [0.05, 0.1) is 0 Å². The van der Waals surface area contributed by atoms with E-state index < -0.39 is 11.6 Å². The van der Waals surface area contributed by atoms with E-state index in [1.54, 1.807) is 24.3 Å². The van der Waals surface area contributed by atoms with Crippen molar-refractivity contribution < 1.29 is 13.9 Å². The lowest BCUT2D eigenvalue weighted by Crippen LogP contribution is -2.18. The zero-order chi connectivity index (χ0) is 15.7. The topological polar surface area (TPSA) is 56.5 Å². The average Bonchev–Trinajstić information content (AvgIpc) is 2.47. The van der Waals surface area contributed by atoms with Crippen LogP contribution in [0.25, 0.3) is 11.0 Å². The zero-order valence-corrected chi connectivity index (χ0v) is 12.4. The van der Waals surface area contributed by atoms with Crippen molar-refractivity contribution in [2.24, 2.45) is 0 Å². The van der Waals surface area contributed by atoms with Crippen LogP contribution in [0.1, 0.15) is 15.9 Å². The Morgan fingerprint density at radius 2 is 1.95 bits per heavy atom. The predicted molar refractivity (Wildman–Crippen MR) is 83.6 cm³/mol. The van der Waals surface area contributed by atoms with Gasteiger partial charge in [-0.05, 0) is 43.3 Å². The van der Waals surface area contributed by atoms with Gasteiger partial charge >= 0.3 is 11.6 Å². The van der Waals surface area contributed by atoms with E-state index in [0.717, 1.165) is 5.56 Å². The number of fused-ring (bicyclic) bond motifs is 1. The van der Waals surface area contributed by atoms with E-state index in [2.05, 4.69) is 0 Å². The molecule has 0 N–H and O–H groups in total. The molecular formula is C17H11ClO4. The molecule has 0 unspecified atom stereocenters. The van der Waals surface area contributed by atoms with E-state index in [9.17, 15) is 9.59 Å². The summed E-state index contributed by atoms with van der Waals surface area (Å²) in [6.07, 6.45) is 0. The van der Waals surface area contributed by atoms with Gasteiger partial charge in [0.25, 0.3) is 0 Å². The molecule has 0 amide bonds. The van der Waals surface area contributed by atoms with Crippen molar-refractivity contribution in [2.45, 2.75) is 6.92 Å². The molecule has 1 aromatic heterocycles. The van der Waals surface area contributed by atoms with Crippen molar-refractivity contribution in [1.82, 2.24) is 0 Å². The molecule has 0 aliphatic carbocycles. The van der Waals surface area contributed by atoms with Crippen molar-refractivity contribution in [1.29, 1.82) is 0 Å². The van der Waals surface area contributed by atoms with Crippen LogP contribution in [-0.4, -0.2) is 5.97 Å². The number of carbonyl (C=O) groups is 1. The molecule has 22 heavy (non-hydrogen) atoms. The smallest absolute Gasteiger partial charge is 0.351 e. The van der Waals surface area contributed by atoms with Gasteiger partial charge in [0.1, 0.15) is 16.9 Å². The second-order valence-electron chi connectivity index (χ2n) is 4.84. The molecule has 110 valence electrons. The second kappa shape index (κ2) is 5.66. The summed E-state index contributed by atoms with van der Waals surface area (Å²) in [6.45, 7) is 1.91. The molecule has 5 heteroatoms. The van der Waals surface area contributed by atoms with E-state index >= 15 is 0 Å². The number of rotatable bonds is 2. The number of benzene rings is 2. The highest BCUT2D eigenvalue weighted by molar-refractivity contribution is 6.30. The Bertz CT molecular complexity index is 927. The first-order valence-electron chi connectivity index (χ1n) is 6.55. The molecule has 3 aromatic rings. The highest BCUT2D eigenvalue weighted by Crippen LogP contribution is 2.19. The van der Waals surface area contributed by atoms with Crippen LogP contribution < -0.4 is 10.4 Å². The van der Waals surface area contributed by atoms with Crippen LogP contribution in [-0.2, 0) is 0 Å². The largest absolute Gasteiger partial charge is 0.423 e. The molecule has 1 heterocycles. The Balaban J connectivity index is 2.00. The zero-order valence-electron chi connectivity index (χ0n) is 11.6. The maximum atomic E-state index is 12.1. The van der Waals surface area contributed by atoms with E-state index in [1.807, 2.05) is 19.1 Å². The van der Waals surface area contributed by atoms with Crippen molar-refractivity contribution in [2.75, 3.05) is 0 Å². The number of ether oxygens (including phenoxy) is 1. The fourth-order valence-electron chi connectivity index (χ4n) is 2.08. The fraction of sp³-hybridized carbons (Fsp3) is 0.0588. The Labute approximate surface area is 130 Å². The number of hydrogen-bond acceptors (Lipinski definition) is 4. The van der Waals surface area contributed by atoms with Crippen molar-refractivity contribution >= 4 is 28.5 Å². The van der Waals surface area contributed by atoms with Gasteiger partial charge in [-0.1, -0.05) is 29.3 Å². The maximum Gasteiger partial charge on any atom is 0.351 e. The number of halogens is 1. The predicted octanol–water partition coefficient (Wildman–Crippen LogP) is 3.97. The highest BCUT2D eigenvalue weighted by Gasteiger charge is 2.16. The molecule has 0 radical (unpaired) electrons. The fourth-order valence-corrected chi connectivity index (χ4v) is 2.26. The third kappa shape index (κ3) is 2.87. The molecule has 0 fully saturated rings. The van der Waals surface area contributed by atoms with Gasteiger partial charge in [0.15, 0.2) is 0 Å². The van der Waals surface area contributed by atoms with E-state index in [-0.39, 0.29) is 11.3 Å². The van der Waals surface area contributed by atoms with Gasteiger partial charge < -0.3 is 9.15 Å². The minimum Gasteiger partial charge on any atom is -0.423 e. The van der Waals surface area contributed by atoms with Crippen LogP contribution >= 0.6 is 11.6 Å². The summed E-state index contributed by atoms with van der Waals surface area (Å²) >= 11 is 5.83. The third-order valence-electron chi connectivity index (χ3n) is 3.11. The van der Waals surface area contributed by atoms with Crippen LogP contribution in [0, 0.1) is 6.92 Å². The van der Waals surface area contributed by atoms with E-state index in [1.165, 1.54) is 12.1 Å². The Morgan fingerprint density at radius 1 is 1.14 bits per heavy atom. The minimum atomic E-state index is -0.778. The molecule has 0 saturated carbocycles. The summed E-state index contributed by atoms with van der Waals surface area (Å²) in [4.78, 5) is 24.1. The lowest BCUT2D eigenvalue weighted by molar-refractivity contribution is 0.0730. The standard InChI is InChI=1S/C17H11ClO4/c1-10-5-6-15-11(7-10)8-14(17(20)22-15)16(19)21-13-4-2-3-12(18)9-13/h2-9H,1H3. The Hall–Kier alpha value is -2.59. The summed E-state index contributed by atoms with van der Waals surface area (Å²) in [5, 5.41) is 1.10. The number of aryl methyl sites for hydroxylation is 1. The Kier molecular flexibility index (Phi) is 3.69. The normalized spacial score (nSPS) is 10.6. The SMILES string of the molecule is Cc1ccc2oc(=O)c(C(=O)Oc3cccc(Cl)c3)cc2c1. The second-order valence-corrected chi connectivity index (χ2v) is 5.27. The first-order valence-corrected chi connectivity index (χ1v) is 6.93. The molecule has 0 bridgehead atoms. The first kappa shape index (κ1) is 14.4. The summed E-state index contributed by atoms with van der Waals surface area (Å²) in [5.41, 5.74) is 0.534. The monoisotopic (exact) mass is 314 g/mol. The van der Waals surface area contributed by atoms with Crippen molar-refractivity contribution in [3.05, 3.63) is 75.1 Å². The van der Waals surface area contributed by atoms with Crippen LogP contribution in [0.3, 0.4) is 0 Å². The van der Waals surface area contributed by atoms with Gasteiger partial charge in [-0.2, -0.15) is 0 Å². The lowest BCUT2D eigenvalue weighted by Gasteiger charge is -2.05.